The Morgan fingerprint density at radius 3 is 2.11 bits per heavy atom. The average Bonchev–Trinajstić information content (AvgIpc) is 2.92. The van der Waals surface area contributed by atoms with Gasteiger partial charge in [-0.2, -0.15) is 4.31 Å². The molecule has 0 unspecified atom stereocenters. The maximum absolute atomic E-state index is 12.7. The SMILES string of the molecule is O=C(CCc1ccc(S(=O)(=O)N2CCOCC2)cc1)NCc1ccc(C(=O)N2CCCCC2)cc1. The molecule has 2 aromatic rings. The van der Waals surface area contributed by atoms with E-state index in [1.54, 1.807) is 24.3 Å². The smallest absolute Gasteiger partial charge is 0.253 e. The molecule has 0 radical (unpaired) electrons. The molecule has 4 rings (SSSR count). The van der Waals surface area contributed by atoms with Crippen molar-refractivity contribution in [3.05, 3.63) is 65.2 Å². The third-order valence-electron chi connectivity index (χ3n) is 6.51. The third-order valence-corrected chi connectivity index (χ3v) is 8.42. The molecule has 2 aromatic carbocycles. The molecular weight excluding hydrogens is 466 g/mol. The minimum Gasteiger partial charge on any atom is -0.379 e. The highest BCUT2D eigenvalue weighted by atomic mass is 32.2. The topological polar surface area (TPSA) is 96.0 Å². The second-order valence-corrected chi connectivity index (χ2v) is 10.9. The number of carbonyl (C=O) groups is 2. The van der Waals surface area contributed by atoms with Crippen LogP contribution >= 0.6 is 0 Å². The van der Waals surface area contributed by atoms with Gasteiger partial charge in [-0.15, -0.1) is 0 Å². The van der Waals surface area contributed by atoms with Crippen molar-refractivity contribution in [2.75, 3.05) is 39.4 Å². The van der Waals surface area contributed by atoms with Gasteiger partial charge in [0.2, 0.25) is 15.9 Å². The minimum absolute atomic E-state index is 0.0732. The van der Waals surface area contributed by atoms with Gasteiger partial charge in [0.15, 0.2) is 0 Å². The predicted molar refractivity (Wildman–Crippen MR) is 132 cm³/mol. The summed E-state index contributed by atoms with van der Waals surface area (Å²) in [5.74, 6) is -0.00691. The van der Waals surface area contributed by atoms with Crippen LogP contribution in [-0.4, -0.2) is 68.8 Å². The van der Waals surface area contributed by atoms with E-state index in [2.05, 4.69) is 5.32 Å². The molecule has 1 N–H and O–H groups in total. The van der Waals surface area contributed by atoms with E-state index in [1.165, 1.54) is 10.7 Å². The van der Waals surface area contributed by atoms with Gasteiger partial charge in [0.05, 0.1) is 18.1 Å². The largest absolute Gasteiger partial charge is 0.379 e. The Balaban J connectivity index is 1.22. The predicted octanol–water partition coefficient (Wildman–Crippen LogP) is 2.58. The van der Waals surface area contributed by atoms with Gasteiger partial charge in [-0.1, -0.05) is 24.3 Å². The number of likely N-dealkylation sites (tertiary alicyclic amines) is 1. The number of ether oxygens (including phenoxy) is 1. The van der Waals surface area contributed by atoms with Crippen LogP contribution in [0.3, 0.4) is 0 Å². The number of rotatable bonds is 8. The number of aryl methyl sites for hydroxylation is 1. The molecule has 0 aliphatic carbocycles. The highest BCUT2D eigenvalue weighted by Gasteiger charge is 2.26. The summed E-state index contributed by atoms with van der Waals surface area (Å²) in [4.78, 5) is 27.1. The molecule has 188 valence electrons. The normalized spacial score (nSPS) is 17.2. The van der Waals surface area contributed by atoms with Crippen LogP contribution in [-0.2, 0) is 32.5 Å². The fourth-order valence-electron chi connectivity index (χ4n) is 4.36. The molecule has 35 heavy (non-hydrogen) atoms. The number of hydrogen-bond donors (Lipinski definition) is 1. The van der Waals surface area contributed by atoms with Gasteiger partial charge in [0.25, 0.3) is 5.91 Å². The van der Waals surface area contributed by atoms with Crippen molar-refractivity contribution in [2.24, 2.45) is 0 Å². The van der Waals surface area contributed by atoms with Crippen LogP contribution < -0.4 is 5.32 Å². The first-order valence-corrected chi connectivity index (χ1v) is 13.7. The monoisotopic (exact) mass is 499 g/mol. The summed E-state index contributed by atoms with van der Waals surface area (Å²) in [5, 5.41) is 2.91. The molecule has 0 saturated carbocycles. The van der Waals surface area contributed by atoms with Crippen molar-refractivity contribution in [2.45, 2.75) is 43.5 Å². The molecule has 0 atom stereocenters. The summed E-state index contributed by atoms with van der Waals surface area (Å²) in [6.45, 7) is 3.59. The van der Waals surface area contributed by atoms with E-state index in [9.17, 15) is 18.0 Å². The average molecular weight is 500 g/mol. The Bertz CT molecular complexity index is 1100. The van der Waals surface area contributed by atoms with Gasteiger partial charge >= 0.3 is 0 Å². The molecule has 0 aromatic heterocycles. The molecule has 2 aliphatic rings. The first-order valence-electron chi connectivity index (χ1n) is 12.3. The summed E-state index contributed by atoms with van der Waals surface area (Å²) in [7, 11) is -3.51. The van der Waals surface area contributed by atoms with Crippen molar-refractivity contribution in [3.63, 3.8) is 0 Å². The lowest BCUT2D eigenvalue weighted by molar-refractivity contribution is -0.121. The third kappa shape index (κ3) is 6.68. The van der Waals surface area contributed by atoms with Crippen LogP contribution in [0, 0.1) is 0 Å². The zero-order valence-electron chi connectivity index (χ0n) is 19.9. The number of hydrogen-bond acceptors (Lipinski definition) is 5. The van der Waals surface area contributed by atoms with Crippen LogP contribution in [0.5, 0.6) is 0 Å². The van der Waals surface area contributed by atoms with E-state index in [-0.39, 0.29) is 16.7 Å². The van der Waals surface area contributed by atoms with Gasteiger partial charge in [-0.3, -0.25) is 9.59 Å². The van der Waals surface area contributed by atoms with Gasteiger partial charge in [0, 0.05) is 44.7 Å². The van der Waals surface area contributed by atoms with Crippen molar-refractivity contribution >= 4 is 21.8 Å². The number of morpholine rings is 1. The van der Waals surface area contributed by atoms with Crippen molar-refractivity contribution < 1.29 is 22.7 Å². The first-order chi connectivity index (χ1) is 16.9. The molecular formula is C26H33N3O5S. The number of nitrogens with zero attached hydrogens (tertiary/aromatic N) is 2. The summed E-state index contributed by atoms with van der Waals surface area (Å²) >= 11 is 0. The van der Waals surface area contributed by atoms with Gasteiger partial charge < -0.3 is 15.0 Å². The molecule has 0 spiro atoms. The zero-order valence-corrected chi connectivity index (χ0v) is 20.8. The van der Waals surface area contributed by atoms with Gasteiger partial charge in [0.1, 0.15) is 0 Å². The fourth-order valence-corrected chi connectivity index (χ4v) is 5.76. The Labute approximate surface area is 207 Å². The lowest BCUT2D eigenvalue weighted by atomic mass is 10.1. The second kappa shape index (κ2) is 11.8. The van der Waals surface area contributed by atoms with E-state index in [0.29, 0.717) is 51.3 Å². The number of nitrogens with one attached hydrogen (secondary N) is 1. The molecule has 2 amide bonds. The molecule has 2 fully saturated rings. The van der Waals surface area contributed by atoms with Crippen LogP contribution in [0.1, 0.15) is 47.2 Å². The van der Waals surface area contributed by atoms with E-state index in [4.69, 9.17) is 4.74 Å². The van der Waals surface area contributed by atoms with E-state index >= 15 is 0 Å². The van der Waals surface area contributed by atoms with Crippen LogP contribution in [0.15, 0.2) is 53.4 Å². The number of piperidine rings is 1. The van der Waals surface area contributed by atoms with Gasteiger partial charge in [-0.05, 0) is 61.1 Å². The summed E-state index contributed by atoms with van der Waals surface area (Å²) in [6, 6.07) is 14.1. The zero-order chi connectivity index (χ0) is 24.7. The standard InChI is InChI=1S/C26H33N3O5S/c30-25(27-20-22-4-9-23(10-5-22)26(31)28-14-2-1-3-15-28)13-8-21-6-11-24(12-7-21)35(32,33)29-16-18-34-19-17-29/h4-7,9-12H,1-3,8,13-20H2,(H,27,30). The summed E-state index contributed by atoms with van der Waals surface area (Å²) in [5.41, 5.74) is 2.52. The maximum Gasteiger partial charge on any atom is 0.253 e. The second-order valence-electron chi connectivity index (χ2n) is 8.99. The molecule has 2 saturated heterocycles. The molecule has 8 nitrogen and oxygen atoms in total. The lowest BCUT2D eigenvalue weighted by Crippen LogP contribution is -2.40. The summed E-state index contributed by atoms with van der Waals surface area (Å²) in [6.07, 6.45) is 4.14. The quantitative estimate of drug-likeness (QED) is 0.602. The first kappa shape index (κ1) is 25.3. The Morgan fingerprint density at radius 1 is 0.829 bits per heavy atom. The van der Waals surface area contributed by atoms with E-state index in [1.807, 2.05) is 29.2 Å². The number of benzene rings is 2. The van der Waals surface area contributed by atoms with Gasteiger partial charge in [-0.25, -0.2) is 8.42 Å². The minimum atomic E-state index is -3.51. The molecule has 0 bridgehead atoms. The van der Waals surface area contributed by atoms with E-state index in [0.717, 1.165) is 37.1 Å². The highest BCUT2D eigenvalue weighted by Crippen LogP contribution is 2.18. The van der Waals surface area contributed by atoms with Crippen LogP contribution in [0.25, 0.3) is 0 Å². The number of sulfonamides is 1. The maximum atomic E-state index is 12.7. The Morgan fingerprint density at radius 2 is 1.46 bits per heavy atom. The van der Waals surface area contributed by atoms with Crippen LogP contribution in [0.4, 0.5) is 0 Å². The fraction of sp³-hybridized carbons (Fsp3) is 0.462. The van der Waals surface area contributed by atoms with Crippen LogP contribution in [0.2, 0.25) is 0 Å². The number of amides is 2. The number of carbonyl (C=O) groups excluding carboxylic acids is 2. The highest BCUT2D eigenvalue weighted by molar-refractivity contribution is 7.89. The Kier molecular flexibility index (Phi) is 8.54. The molecule has 2 heterocycles. The summed E-state index contributed by atoms with van der Waals surface area (Å²) < 4.78 is 32.1. The molecule has 2 aliphatic heterocycles. The Hall–Kier alpha value is -2.75. The van der Waals surface area contributed by atoms with Crippen molar-refractivity contribution in [3.8, 4) is 0 Å². The van der Waals surface area contributed by atoms with Crippen molar-refractivity contribution in [1.82, 2.24) is 14.5 Å². The lowest BCUT2D eigenvalue weighted by Gasteiger charge is -2.26. The van der Waals surface area contributed by atoms with Crippen molar-refractivity contribution in [1.29, 1.82) is 0 Å². The van der Waals surface area contributed by atoms with E-state index < -0.39 is 10.0 Å². The molecule has 9 heteroatoms.